The Kier molecular flexibility index (Phi) is 5.99. The average molecular weight is 351 g/mol. The van der Waals surface area contributed by atoms with Crippen molar-refractivity contribution in [2.75, 3.05) is 11.9 Å². The van der Waals surface area contributed by atoms with Crippen molar-refractivity contribution >= 4 is 33.4 Å². The van der Waals surface area contributed by atoms with E-state index in [1.165, 1.54) is 18.4 Å². The van der Waals surface area contributed by atoms with Crippen LogP contribution >= 0.6 is 15.9 Å². The van der Waals surface area contributed by atoms with E-state index in [1.54, 1.807) is 12.1 Å². The Bertz CT molecular complexity index is 555. The fourth-order valence-corrected chi connectivity index (χ4v) is 2.67. The number of carbonyl (C=O) groups excluding carboxylic acids is 2. The molecule has 0 radical (unpaired) electrons. The van der Waals surface area contributed by atoms with E-state index in [1.807, 2.05) is 12.1 Å². The summed E-state index contributed by atoms with van der Waals surface area (Å²) in [6, 6.07) is 7.19. The lowest BCUT2D eigenvalue weighted by atomic mass is 9.97. The number of para-hydroxylation sites is 1. The van der Waals surface area contributed by atoms with Crippen LogP contribution in [0.3, 0.4) is 0 Å². The van der Waals surface area contributed by atoms with Gasteiger partial charge in [-0.25, -0.2) is 0 Å². The van der Waals surface area contributed by atoms with Crippen molar-refractivity contribution in [1.82, 2.24) is 5.32 Å². The zero-order valence-corrected chi connectivity index (χ0v) is 13.4. The van der Waals surface area contributed by atoms with Crippen LogP contribution in [0.25, 0.3) is 0 Å². The van der Waals surface area contributed by atoms with Crippen LogP contribution < -0.4 is 10.6 Å². The summed E-state index contributed by atoms with van der Waals surface area (Å²) < 4.78 is 0.749. The molecule has 1 aliphatic carbocycles. The van der Waals surface area contributed by atoms with Crippen LogP contribution in [0, 0.1) is 0 Å². The largest absolute Gasteiger partial charge is 0.348 e. The predicted octanol–water partition coefficient (Wildman–Crippen LogP) is 3.39. The van der Waals surface area contributed by atoms with Gasteiger partial charge in [0.25, 0.3) is 0 Å². The van der Waals surface area contributed by atoms with Crippen molar-refractivity contribution in [2.45, 2.75) is 32.1 Å². The van der Waals surface area contributed by atoms with Gasteiger partial charge < -0.3 is 10.6 Å². The topological polar surface area (TPSA) is 58.2 Å². The Morgan fingerprint density at radius 1 is 1.14 bits per heavy atom. The number of rotatable bonds is 4. The molecular formula is C16H19BrN2O2. The van der Waals surface area contributed by atoms with Crippen LogP contribution in [0.4, 0.5) is 5.69 Å². The molecule has 2 N–H and O–H groups in total. The van der Waals surface area contributed by atoms with Crippen molar-refractivity contribution in [1.29, 1.82) is 0 Å². The Labute approximate surface area is 133 Å². The normalized spacial score (nSPS) is 14.2. The highest BCUT2D eigenvalue weighted by Gasteiger charge is 2.14. The molecule has 1 aliphatic rings. The molecule has 1 aromatic rings. The molecule has 112 valence electrons. The van der Waals surface area contributed by atoms with E-state index in [-0.39, 0.29) is 0 Å². The fourth-order valence-electron chi connectivity index (χ4n) is 2.29. The van der Waals surface area contributed by atoms with E-state index in [0.717, 1.165) is 23.7 Å². The molecule has 0 saturated carbocycles. The molecule has 0 unspecified atom stereocenters. The van der Waals surface area contributed by atoms with Crippen LogP contribution in [-0.2, 0) is 9.59 Å². The summed E-state index contributed by atoms with van der Waals surface area (Å²) in [5, 5.41) is 5.25. The Hall–Kier alpha value is -1.62. The van der Waals surface area contributed by atoms with Crippen molar-refractivity contribution in [3.63, 3.8) is 0 Å². The minimum absolute atomic E-state index is 0.508. The molecule has 0 heterocycles. The first-order chi connectivity index (χ1) is 10.2. The van der Waals surface area contributed by atoms with Gasteiger partial charge in [0.05, 0.1) is 5.69 Å². The first-order valence-electron chi connectivity index (χ1n) is 7.18. The lowest BCUT2D eigenvalue weighted by Gasteiger charge is -2.13. The smallest absolute Gasteiger partial charge is 0.313 e. The van der Waals surface area contributed by atoms with Gasteiger partial charge in [-0.2, -0.15) is 0 Å². The first kappa shape index (κ1) is 15.8. The van der Waals surface area contributed by atoms with E-state index < -0.39 is 11.8 Å². The molecule has 0 saturated heterocycles. The monoisotopic (exact) mass is 350 g/mol. The van der Waals surface area contributed by atoms with E-state index in [2.05, 4.69) is 32.6 Å². The standard InChI is InChI=1S/C16H19BrN2O2/c17-13-8-4-5-9-14(13)19-16(21)15(20)18-11-10-12-6-2-1-3-7-12/h4-6,8-9H,1-3,7,10-11H2,(H,18,20)(H,19,21). The van der Waals surface area contributed by atoms with E-state index >= 15 is 0 Å². The van der Waals surface area contributed by atoms with Gasteiger partial charge in [-0.05, 0) is 60.2 Å². The van der Waals surface area contributed by atoms with Crippen molar-refractivity contribution in [2.24, 2.45) is 0 Å². The highest BCUT2D eigenvalue weighted by Crippen LogP contribution is 2.21. The van der Waals surface area contributed by atoms with Gasteiger partial charge in [0.1, 0.15) is 0 Å². The van der Waals surface area contributed by atoms with Gasteiger partial charge in [0.15, 0.2) is 0 Å². The summed E-state index contributed by atoms with van der Waals surface area (Å²) >= 11 is 3.32. The van der Waals surface area contributed by atoms with Crippen LogP contribution in [-0.4, -0.2) is 18.4 Å². The van der Waals surface area contributed by atoms with Crippen molar-refractivity contribution in [3.8, 4) is 0 Å². The van der Waals surface area contributed by atoms with E-state index in [4.69, 9.17) is 0 Å². The van der Waals surface area contributed by atoms with Gasteiger partial charge in [-0.3, -0.25) is 9.59 Å². The minimum Gasteiger partial charge on any atom is -0.348 e. The number of halogens is 1. The van der Waals surface area contributed by atoms with Crippen LogP contribution in [0.15, 0.2) is 40.4 Å². The number of benzene rings is 1. The molecule has 1 aromatic carbocycles. The number of carbonyl (C=O) groups is 2. The maximum absolute atomic E-state index is 11.8. The molecule has 0 atom stereocenters. The van der Waals surface area contributed by atoms with Gasteiger partial charge >= 0.3 is 11.8 Å². The lowest BCUT2D eigenvalue weighted by molar-refractivity contribution is -0.136. The molecule has 5 heteroatoms. The molecule has 0 fully saturated rings. The molecule has 0 bridgehead atoms. The summed E-state index contributed by atoms with van der Waals surface area (Å²) in [4.78, 5) is 23.5. The maximum Gasteiger partial charge on any atom is 0.313 e. The number of hydrogen-bond donors (Lipinski definition) is 2. The number of nitrogens with one attached hydrogen (secondary N) is 2. The van der Waals surface area contributed by atoms with Crippen LogP contribution in [0.2, 0.25) is 0 Å². The van der Waals surface area contributed by atoms with Gasteiger partial charge in [-0.1, -0.05) is 23.8 Å². The predicted molar refractivity (Wildman–Crippen MR) is 86.9 cm³/mol. The lowest BCUT2D eigenvalue weighted by Crippen LogP contribution is -2.36. The van der Waals surface area contributed by atoms with Crippen molar-refractivity contribution in [3.05, 3.63) is 40.4 Å². The van der Waals surface area contributed by atoms with Crippen LogP contribution in [0.1, 0.15) is 32.1 Å². The third kappa shape index (κ3) is 5.01. The summed E-state index contributed by atoms with van der Waals surface area (Å²) in [6.45, 7) is 0.508. The summed E-state index contributed by atoms with van der Waals surface area (Å²) in [5.74, 6) is -1.23. The molecule has 2 amide bonds. The third-order valence-electron chi connectivity index (χ3n) is 3.44. The molecule has 0 aromatic heterocycles. The summed E-state index contributed by atoms with van der Waals surface area (Å²) in [6.07, 6.45) is 7.79. The summed E-state index contributed by atoms with van der Waals surface area (Å²) in [5.41, 5.74) is 1.97. The highest BCUT2D eigenvalue weighted by atomic mass is 79.9. The van der Waals surface area contributed by atoms with E-state index in [0.29, 0.717) is 12.2 Å². The minimum atomic E-state index is -0.639. The van der Waals surface area contributed by atoms with Crippen molar-refractivity contribution < 1.29 is 9.59 Å². The van der Waals surface area contributed by atoms with Gasteiger partial charge in [-0.15, -0.1) is 0 Å². The highest BCUT2D eigenvalue weighted by molar-refractivity contribution is 9.10. The fraction of sp³-hybridized carbons (Fsp3) is 0.375. The summed E-state index contributed by atoms with van der Waals surface area (Å²) in [7, 11) is 0. The van der Waals surface area contributed by atoms with Gasteiger partial charge in [0.2, 0.25) is 0 Å². The zero-order chi connectivity index (χ0) is 15.1. The molecule has 0 aliphatic heterocycles. The average Bonchev–Trinajstić information content (AvgIpc) is 2.50. The van der Waals surface area contributed by atoms with Crippen LogP contribution in [0.5, 0.6) is 0 Å². The number of anilines is 1. The number of allylic oxidation sites excluding steroid dienone is 1. The Morgan fingerprint density at radius 3 is 2.67 bits per heavy atom. The maximum atomic E-state index is 11.8. The molecule has 21 heavy (non-hydrogen) atoms. The first-order valence-corrected chi connectivity index (χ1v) is 7.98. The molecule has 0 spiro atoms. The second-order valence-electron chi connectivity index (χ2n) is 5.05. The second-order valence-corrected chi connectivity index (χ2v) is 5.90. The zero-order valence-electron chi connectivity index (χ0n) is 11.8. The molecular weight excluding hydrogens is 332 g/mol. The molecule has 2 rings (SSSR count). The Morgan fingerprint density at radius 2 is 1.95 bits per heavy atom. The third-order valence-corrected chi connectivity index (χ3v) is 4.14. The Balaban J connectivity index is 1.76. The quantitative estimate of drug-likeness (QED) is 0.645. The molecule has 4 nitrogen and oxygen atoms in total. The van der Waals surface area contributed by atoms with Gasteiger partial charge in [0, 0.05) is 11.0 Å². The number of amides is 2. The SMILES string of the molecule is O=C(NCCC1=CCCCC1)C(=O)Nc1ccccc1Br. The second kappa shape index (κ2) is 7.98. The van der Waals surface area contributed by atoms with E-state index in [9.17, 15) is 9.59 Å². The number of hydrogen-bond acceptors (Lipinski definition) is 2.